The summed E-state index contributed by atoms with van der Waals surface area (Å²) in [6.45, 7) is 0. The van der Waals surface area contributed by atoms with Crippen LogP contribution in [0.3, 0.4) is 0 Å². The van der Waals surface area contributed by atoms with Crippen LogP contribution in [-0.2, 0) is 15.9 Å². The number of nitrogens with zero attached hydrogens (tertiary/aromatic N) is 1. The standard InChI is InChI=1S/C11H16ClNO2S2/c1-13(9-4-2-3-5-9)17(14,15)11-7-6-10(8-12)16-11/h6-7,9H,2-5,8H2,1H3. The smallest absolute Gasteiger partial charge is 0.206 e. The minimum absolute atomic E-state index is 0.168. The molecule has 1 heterocycles. The maximum absolute atomic E-state index is 12.3. The quantitative estimate of drug-likeness (QED) is 0.800. The Morgan fingerprint density at radius 3 is 2.59 bits per heavy atom. The molecule has 0 N–H and O–H groups in total. The second kappa shape index (κ2) is 5.26. The van der Waals surface area contributed by atoms with Crippen LogP contribution in [0.5, 0.6) is 0 Å². The Morgan fingerprint density at radius 2 is 2.06 bits per heavy atom. The van der Waals surface area contributed by atoms with E-state index in [2.05, 4.69) is 0 Å². The highest BCUT2D eigenvalue weighted by atomic mass is 35.5. The second-order valence-electron chi connectivity index (χ2n) is 4.31. The molecule has 2 rings (SSSR count). The topological polar surface area (TPSA) is 37.4 Å². The third-order valence-corrected chi connectivity index (χ3v) is 7.15. The first-order valence-corrected chi connectivity index (χ1v) is 8.47. The molecule has 1 aromatic rings. The summed E-state index contributed by atoms with van der Waals surface area (Å²) in [7, 11) is -1.63. The molecule has 1 aliphatic carbocycles. The number of thiophene rings is 1. The first-order valence-electron chi connectivity index (χ1n) is 5.68. The molecule has 0 spiro atoms. The molecule has 96 valence electrons. The van der Waals surface area contributed by atoms with Crippen LogP contribution >= 0.6 is 22.9 Å². The molecule has 0 radical (unpaired) electrons. The van der Waals surface area contributed by atoms with Gasteiger partial charge in [-0.25, -0.2) is 8.42 Å². The molecule has 0 amide bonds. The zero-order valence-electron chi connectivity index (χ0n) is 9.73. The second-order valence-corrected chi connectivity index (χ2v) is 7.97. The van der Waals surface area contributed by atoms with Crippen molar-refractivity contribution in [3.63, 3.8) is 0 Å². The largest absolute Gasteiger partial charge is 0.252 e. The molecule has 0 bridgehead atoms. The summed E-state index contributed by atoms with van der Waals surface area (Å²) < 4.78 is 26.6. The van der Waals surface area contributed by atoms with Crippen LogP contribution in [0.1, 0.15) is 30.6 Å². The molecule has 0 aliphatic heterocycles. The van der Waals surface area contributed by atoms with Crippen LogP contribution in [0.4, 0.5) is 0 Å². The van der Waals surface area contributed by atoms with Gasteiger partial charge in [-0.1, -0.05) is 12.8 Å². The van der Waals surface area contributed by atoms with Crippen molar-refractivity contribution >= 4 is 33.0 Å². The molecule has 0 saturated heterocycles. The normalized spacial score (nSPS) is 18.1. The average molecular weight is 294 g/mol. The van der Waals surface area contributed by atoms with E-state index >= 15 is 0 Å². The predicted molar refractivity (Wildman–Crippen MR) is 71.1 cm³/mol. The number of alkyl halides is 1. The summed E-state index contributed by atoms with van der Waals surface area (Å²) in [5, 5.41) is 0. The fourth-order valence-corrected chi connectivity index (χ4v) is 5.23. The third-order valence-electron chi connectivity index (χ3n) is 3.24. The van der Waals surface area contributed by atoms with E-state index in [0.29, 0.717) is 10.1 Å². The monoisotopic (exact) mass is 293 g/mol. The summed E-state index contributed by atoms with van der Waals surface area (Å²) in [5.41, 5.74) is 0. The van der Waals surface area contributed by atoms with Crippen LogP contribution in [0.15, 0.2) is 16.3 Å². The molecule has 1 aromatic heterocycles. The highest BCUT2D eigenvalue weighted by molar-refractivity contribution is 7.91. The lowest BCUT2D eigenvalue weighted by Gasteiger charge is -2.22. The van der Waals surface area contributed by atoms with E-state index in [1.54, 1.807) is 19.2 Å². The molecule has 1 saturated carbocycles. The van der Waals surface area contributed by atoms with Gasteiger partial charge in [0.2, 0.25) is 0 Å². The van der Waals surface area contributed by atoms with Crippen LogP contribution in [-0.4, -0.2) is 25.8 Å². The van der Waals surface area contributed by atoms with E-state index < -0.39 is 10.0 Å². The Bertz CT molecular complexity index is 477. The number of halogens is 1. The average Bonchev–Trinajstić information content (AvgIpc) is 2.98. The SMILES string of the molecule is CN(C1CCCC1)S(=O)(=O)c1ccc(CCl)s1. The minimum atomic E-state index is -3.32. The van der Waals surface area contributed by atoms with Gasteiger partial charge in [0, 0.05) is 18.0 Å². The number of rotatable bonds is 4. The summed E-state index contributed by atoms with van der Waals surface area (Å²) in [5.74, 6) is 0.368. The summed E-state index contributed by atoms with van der Waals surface area (Å²) >= 11 is 6.96. The van der Waals surface area contributed by atoms with Crippen LogP contribution in [0.2, 0.25) is 0 Å². The summed E-state index contributed by atoms with van der Waals surface area (Å²) in [6.07, 6.45) is 4.21. The van der Waals surface area contributed by atoms with Gasteiger partial charge in [-0.3, -0.25) is 0 Å². The Balaban J connectivity index is 2.22. The van der Waals surface area contributed by atoms with E-state index in [1.807, 2.05) is 0 Å². The van der Waals surface area contributed by atoms with Crippen molar-refractivity contribution in [1.29, 1.82) is 0 Å². The van der Waals surface area contributed by atoms with Crippen molar-refractivity contribution in [2.45, 2.75) is 41.8 Å². The Labute approximate surface area is 111 Å². The molecule has 1 aliphatic rings. The van der Waals surface area contributed by atoms with Crippen molar-refractivity contribution in [3.05, 3.63) is 17.0 Å². The molecule has 0 atom stereocenters. The van der Waals surface area contributed by atoms with Gasteiger partial charge in [0.25, 0.3) is 10.0 Å². The molecule has 1 fully saturated rings. The van der Waals surface area contributed by atoms with Crippen LogP contribution in [0.25, 0.3) is 0 Å². The van der Waals surface area contributed by atoms with Gasteiger partial charge >= 0.3 is 0 Å². The minimum Gasteiger partial charge on any atom is -0.206 e. The zero-order valence-corrected chi connectivity index (χ0v) is 12.1. The molecule has 0 unspecified atom stereocenters. The number of hydrogen-bond acceptors (Lipinski definition) is 3. The van der Waals surface area contributed by atoms with Crippen molar-refractivity contribution < 1.29 is 8.42 Å². The first kappa shape index (κ1) is 13.3. The lowest BCUT2D eigenvalue weighted by atomic mass is 10.3. The van der Waals surface area contributed by atoms with Gasteiger partial charge in [0.05, 0.1) is 5.88 Å². The first-order chi connectivity index (χ1) is 8.05. The Hall–Kier alpha value is -0.100. The van der Waals surface area contributed by atoms with Crippen molar-refractivity contribution in [3.8, 4) is 0 Å². The van der Waals surface area contributed by atoms with Gasteiger partial charge in [-0.2, -0.15) is 4.31 Å². The van der Waals surface area contributed by atoms with Gasteiger partial charge < -0.3 is 0 Å². The van der Waals surface area contributed by atoms with Crippen molar-refractivity contribution in [2.75, 3.05) is 7.05 Å². The molecular formula is C11H16ClNO2S2. The van der Waals surface area contributed by atoms with Gasteiger partial charge in [0.15, 0.2) is 0 Å². The number of hydrogen-bond donors (Lipinski definition) is 0. The molecule has 6 heteroatoms. The lowest BCUT2D eigenvalue weighted by molar-refractivity contribution is 0.374. The predicted octanol–water partition coefficient (Wildman–Crippen LogP) is 3.05. The third kappa shape index (κ3) is 2.67. The van der Waals surface area contributed by atoms with E-state index in [4.69, 9.17) is 11.6 Å². The molecule has 3 nitrogen and oxygen atoms in total. The maximum atomic E-state index is 12.3. The zero-order chi connectivity index (χ0) is 12.5. The molecule has 0 aromatic carbocycles. The van der Waals surface area contributed by atoms with Gasteiger partial charge in [0.1, 0.15) is 4.21 Å². The highest BCUT2D eigenvalue weighted by Gasteiger charge is 2.30. The van der Waals surface area contributed by atoms with E-state index in [-0.39, 0.29) is 6.04 Å². The van der Waals surface area contributed by atoms with Crippen molar-refractivity contribution in [1.82, 2.24) is 4.31 Å². The van der Waals surface area contributed by atoms with Crippen LogP contribution in [0, 0.1) is 0 Å². The fourth-order valence-electron chi connectivity index (χ4n) is 2.17. The highest BCUT2D eigenvalue weighted by Crippen LogP contribution is 2.30. The summed E-state index contributed by atoms with van der Waals surface area (Å²) in [4.78, 5) is 0.894. The Morgan fingerprint density at radius 1 is 1.41 bits per heavy atom. The van der Waals surface area contributed by atoms with Gasteiger partial charge in [-0.05, 0) is 25.0 Å². The van der Waals surface area contributed by atoms with E-state index in [0.717, 1.165) is 30.6 Å². The Kier molecular flexibility index (Phi) is 4.13. The fraction of sp³-hybridized carbons (Fsp3) is 0.636. The van der Waals surface area contributed by atoms with E-state index in [1.165, 1.54) is 15.6 Å². The maximum Gasteiger partial charge on any atom is 0.252 e. The van der Waals surface area contributed by atoms with Crippen molar-refractivity contribution in [2.24, 2.45) is 0 Å². The van der Waals surface area contributed by atoms with Crippen LogP contribution < -0.4 is 0 Å². The van der Waals surface area contributed by atoms with Gasteiger partial charge in [-0.15, -0.1) is 22.9 Å². The number of sulfonamides is 1. The lowest BCUT2D eigenvalue weighted by Crippen LogP contribution is -2.34. The molecular weight excluding hydrogens is 278 g/mol. The van der Waals surface area contributed by atoms with E-state index in [9.17, 15) is 8.42 Å². The summed E-state index contributed by atoms with van der Waals surface area (Å²) in [6, 6.07) is 3.61. The molecule has 17 heavy (non-hydrogen) atoms.